The van der Waals surface area contributed by atoms with Gasteiger partial charge in [0.1, 0.15) is 25.3 Å². The van der Waals surface area contributed by atoms with Crippen LogP contribution in [0.1, 0.15) is 41.5 Å². The van der Waals surface area contributed by atoms with Gasteiger partial charge in [0.15, 0.2) is 0 Å². The molecule has 7 nitrogen and oxygen atoms in total. The van der Waals surface area contributed by atoms with Gasteiger partial charge >= 0.3 is 0 Å². The van der Waals surface area contributed by atoms with Crippen molar-refractivity contribution in [2.45, 2.75) is 53.6 Å². The summed E-state index contributed by atoms with van der Waals surface area (Å²) in [7, 11) is 0. The van der Waals surface area contributed by atoms with E-state index in [1.54, 1.807) is 0 Å². The molecule has 7 heteroatoms. The van der Waals surface area contributed by atoms with E-state index in [0.717, 1.165) is 0 Å². The van der Waals surface area contributed by atoms with Gasteiger partial charge in [-0.1, -0.05) is 41.5 Å². The largest absolute Gasteiger partial charge is 0.362 e. The zero-order valence-corrected chi connectivity index (χ0v) is 14.7. The fourth-order valence-corrected chi connectivity index (χ4v) is 1.53. The summed E-state index contributed by atoms with van der Waals surface area (Å²) < 4.78 is 5.03. The van der Waals surface area contributed by atoms with Gasteiger partial charge in [-0.3, -0.25) is 9.59 Å². The molecule has 128 valence electrons. The minimum atomic E-state index is -0.642. The average molecular weight is 322 g/mol. The summed E-state index contributed by atoms with van der Waals surface area (Å²) in [6.07, 6.45) is 0. The molecule has 0 aliphatic heterocycles. The van der Waals surface area contributed by atoms with E-state index >= 15 is 0 Å². The Balaban J connectivity index is 4.26. The molecule has 2 amide bonds. The number of nitrogens with one attached hydrogen (secondary N) is 2. The van der Waals surface area contributed by atoms with Crippen LogP contribution in [0.15, 0.2) is 0 Å². The van der Waals surface area contributed by atoms with E-state index in [4.69, 9.17) is 15.3 Å². The second-order valence-electron chi connectivity index (χ2n) is 7.48. The number of nitriles is 2. The molecule has 0 aromatic rings. The van der Waals surface area contributed by atoms with Crippen molar-refractivity contribution in [3.8, 4) is 12.1 Å². The predicted octanol–water partition coefficient (Wildman–Crippen LogP) is 1.11. The van der Waals surface area contributed by atoms with Gasteiger partial charge in [-0.15, -0.1) is 0 Å². The van der Waals surface area contributed by atoms with E-state index in [9.17, 15) is 9.59 Å². The quantitative estimate of drug-likeness (QED) is 0.760. The summed E-state index contributed by atoms with van der Waals surface area (Å²) in [6, 6.07) is 2.75. The van der Waals surface area contributed by atoms with Crippen LogP contribution in [-0.4, -0.2) is 37.1 Å². The number of carbonyl (C=O) groups excluding carboxylic acids is 2. The van der Waals surface area contributed by atoms with Crippen LogP contribution >= 0.6 is 0 Å². The Kier molecular flexibility index (Phi) is 7.71. The molecule has 0 aliphatic rings. The number of hydrogen-bond donors (Lipinski definition) is 2. The number of rotatable bonds is 6. The van der Waals surface area contributed by atoms with Crippen molar-refractivity contribution in [1.29, 1.82) is 10.5 Å². The lowest BCUT2D eigenvalue weighted by atomic mass is 9.88. The lowest BCUT2D eigenvalue weighted by molar-refractivity contribution is -0.132. The fraction of sp³-hybridized carbons (Fsp3) is 0.750. The molecule has 0 fully saturated rings. The summed E-state index contributed by atoms with van der Waals surface area (Å²) in [5.41, 5.74) is -0.789. The average Bonchev–Trinajstić information content (AvgIpc) is 2.39. The van der Waals surface area contributed by atoms with Gasteiger partial charge in [-0.05, 0) is 10.8 Å². The Morgan fingerprint density at radius 3 is 1.39 bits per heavy atom. The van der Waals surface area contributed by atoms with E-state index in [-0.39, 0.29) is 13.2 Å². The smallest absolute Gasteiger partial charge is 0.247 e. The first-order valence-electron chi connectivity index (χ1n) is 7.37. The zero-order chi connectivity index (χ0) is 18.3. The van der Waals surface area contributed by atoms with Crippen LogP contribution in [0.2, 0.25) is 0 Å². The van der Waals surface area contributed by atoms with Crippen molar-refractivity contribution in [1.82, 2.24) is 10.6 Å². The molecular formula is C16H26N4O3. The van der Waals surface area contributed by atoms with Gasteiger partial charge in [-0.25, -0.2) is 0 Å². The first-order chi connectivity index (χ1) is 10.4. The lowest BCUT2D eigenvalue weighted by Gasteiger charge is -2.26. The molecule has 0 radical (unpaired) electrons. The molecular weight excluding hydrogens is 296 g/mol. The first kappa shape index (κ1) is 20.9. The Morgan fingerprint density at radius 1 is 0.870 bits per heavy atom. The molecule has 0 saturated carbocycles. The monoisotopic (exact) mass is 322 g/mol. The van der Waals surface area contributed by atoms with Crippen LogP contribution < -0.4 is 10.6 Å². The maximum absolute atomic E-state index is 11.7. The molecule has 2 N–H and O–H groups in total. The SMILES string of the molecule is CC(C)(C)C(C#N)NC(=O)COCC(=O)NC(C#N)C(C)(C)C. The first-order valence-corrected chi connectivity index (χ1v) is 7.37. The van der Waals surface area contributed by atoms with E-state index in [1.807, 2.05) is 53.7 Å². The topological polar surface area (TPSA) is 115 Å². The van der Waals surface area contributed by atoms with E-state index in [0.29, 0.717) is 0 Å². The predicted molar refractivity (Wildman–Crippen MR) is 84.8 cm³/mol. The van der Waals surface area contributed by atoms with Gasteiger partial charge < -0.3 is 15.4 Å². The number of amides is 2. The van der Waals surface area contributed by atoms with Crippen molar-refractivity contribution in [3.63, 3.8) is 0 Å². The van der Waals surface area contributed by atoms with Gasteiger partial charge in [-0.2, -0.15) is 10.5 Å². The van der Waals surface area contributed by atoms with Gasteiger partial charge in [0.05, 0.1) is 12.1 Å². The van der Waals surface area contributed by atoms with Crippen LogP contribution in [0.25, 0.3) is 0 Å². The highest BCUT2D eigenvalue weighted by Crippen LogP contribution is 2.19. The summed E-state index contributed by atoms with van der Waals surface area (Å²) in [5, 5.41) is 23.1. The summed E-state index contributed by atoms with van der Waals surface area (Å²) in [4.78, 5) is 23.4. The third-order valence-electron chi connectivity index (χ3n) is 3.07. The van der Waals surface area contributed by atoms with Gasteiger partial charge in [0.2, 0.25) is 11.8 Å². The Morgan fingerprint density at radius 2 is 1.17 bits per heavy atom. The van der Waals surface area contributed by atoms with E-state index in [2.05, 4.69) is 10.6 Å². The second-order valence-corrected chi connectivity index (χ2v) is 7.48. The zero-order valence-electron chi connectivity index (χ0n) is 14.7. The van der Waals surface area contributed by atoms with Crippen molar-refractivity contribution in [3.05, 3.63) is 0 Å². The minimum Gasteiger partial charge on any atom is -0.362 e. The normalized spacial score (nSPS) is 14.1. The molecule has 0 rings (SSSR count). The van der Waals surface area contributed by atoms with Gasteiger partial charge in [0, 0.05) is 0 Å². The summed E-state index contributed by atoms with van der Waals surface area (Å²) >= 11 is 0. The Labute approximate surface area is 138 Å². The van der Waals surface area contributed by atoms with Crippen molar-refractivity contribution in [2.75, 3.05) is 13.2 Å². The number of carbonyl (C=O) groups is 2. The number of nitrogens with zero attached hydrogens (tertiary/aromatic N) is 2. The molecule has 0 bridgehead atoms. The van der Waals surface area contributed by atoms with Crippen molar-refractivity contribution in [2.24, 2.45) is 10.8 Å². The summed E-state index contributed by atoms with van der Waals surface area (Å²) in [5.74, 6) is -0.932. The molecule has 0 aromatic carbocycles. The minimum absolute atomic E-state index is 0.325. The van der Waals surface area contributed by atoms with Crippen molar-refractivity contribution >= 4 is 11.8 Å². The number of hydrogen-bond acceptors (Lipinski definition) is 5. The standard InChI is InChI=1S/C16H26N4O3/c1-15(2,3)11(7-17)19-13(21)9-23-10-14(22)20-12(8-18)16(4,5)6/h11-12H,9-10H2,1-6H3,(H,19,21)(H,20,22). The van der Waals surface area contributed by atoms with Crippen LogP contribution in [0.4, 0.5) is 0 Å². The van der Waals surface area contributed by atoms with Gasteiger partial charge in [0.25, 0.3) is 0 Å². The van der Waals surface area contributed by atoms with Crippen LogP contribution in [-0.2, 0) is 14.3 Å². The third-order valence-corrected chi connectivity index (χ3v) is 3.07. The van der Waals surface area contributed by atoms with Crippen molar-refractivity contribution < 1.29 is 14.3 Å². The highest BCUT2D eigenvalue weighted by molar-refractivity contribution is 5.80. The maximum Gasteiger partial charge on any atom is 0.247 e. The Bertz CT molecular complexity index is 457. The summed E-state index contributed by atoms with van der Waals surface area (Å²) in [6.45, 7) is 10.4. The van der Waals surface area contributed by atoms with E-state index in [1.165, 1.54) is 0 Å². The number of ether oxygens (including phenoxy) is 1. The van der Waals surface area contributed by atoms with Crippen LogP contribution in [0.3, 0.4) is 0 Å². The molecule has 0 heterocycles. The van der Waals surface area contributed by atoms with E-state index < -0.39 is 34.7 Å². The molecule has 0 spiro atoms. The molecule has 2 atom stereocenters. The molecule has 0 saturated heterocycles. The second kappa shape index (κ2) is 8.50. The highest BCUT2D eigenvalue weighted by atomic mass is 16.5. The lowest BCUT2D eigenvalue weighted by Crippen LogP contribution is -2.46. The highest BCUT2D eigenvalue weighted by Gasteiger charge is 2.27. The molecule has 0 aromatic heterocycles. The molecule has 0 aliphatic carbocycles. The molecule has 2 unspecified atom stereocenters. The van der Waals surface area contributed by atoms with Crippen LogP contribution in [0.5, 0.6) is 0 Å². The fourth-order valence-electron chi connectivity index (χ4n) is 1.53. The maximum atomic E-state index is 11.7. The Hall–Kier alpha value is -2.12. The molecule has 23 heavy (non-hydrogen) atoms. The third kappa shape index (κ3) is 8.18. The van der Waals surface area contributed by atoms with Crippen LogP contribution in [0, 0.1) is 33.5 Å².